The van der Waals surface area contributed by atoms with Crippen LogP contribution in [0.4, 0.5) is 5.69 Å². The molecule has 0 fully saturated rings. The molecule has 0 radical (unpaired) electrons. The molecule has 0 aliphatic carbocycles. The Bertz CT molecular complexity index is 1020. The van der Waals surface area contributed by atoms with Gasteiger partial charge in [-0.15, -0.1) is 0 Å². The number of hydrogen-bond donors (Lipinski definition) is 0. The standard InChI is InChI=1S/C20H18ClNO6S/c21-15-5-4-8-18(11-15)27-13-20(24)28-12-19(23)22(16-6-2-1-3-7-16)17-9-10-29(25,26)14-17/h1-11,17H,12-14H2. The monoisotopic (exact) mass is 435 g/mol. The van der Waals surface area contributed by atoms with Gasteiger partial charge in [0.05, 0.1) is 11.8 Å². The Morgan fingerprint density at radius 1 is 1.07 bits per heavy atom. The summed E-state index contributed by atoms with van der Waals surface area (Å²) in [5.41, 5.74) is 0.510. The smallest absolute Gasteiger partial charge is 0.344 e. The van der Waals surface area contributed by atoms with E-state index in [1.54, 1.807) is 54.6 Å². The molecule has 1 aliphatic heterocycles. The molecule has 2 aromatic rings. The molecule has 1 unspecified atom stereocenters. The Balaban J connectivity index is 1.61. The number of halogens is 1. The highest BCUT2D eigenvalue weighted by Gasteiger charge is 2.31. The number of rotatable bonds is 7. The molecule has 7 nitrogen and oxygen atoms in total. The van der Waals surface area contributed by atoms with Crippen LogP contribution in [-0.4, -0.2) is 45.3 Å². The van der Waals surface area contributed by atoms with Crippen molar-refractivity contribution in [3.8, 4) is 5.75 Å². The Morgan fingerprint density at radius 3 is 2.48 bits per heavy atom. The van der Waals surface area contributed by atoms with Crippen LogP contribution in [0.1, 0.15) is 0 Å². The van der Waals surface area contributed by atoms with Gasteiger partial charge in [-0.1, -0.05) is 35.9 Å². The maximum absolute atomic E-state index is 12.7. The number of para-hydroxylation sites is 1. The molecule has 0 saturated carbocycles. The number of esters is 1. The van der Waals surface area contributed by atoms with Crippen LogP contribution in [0.5, 0.6) is 5.75 Å². The van der Waals surface area contributed by atoms with Crippen LogP contribution in [0.3, 0.4) is 0 Å². The van der Waals surface area contributed by atoms with Gasteiger partial charge >= 0.3 is 5.97 Å². The summed E-state index contributed by atoms with van der Waals surface area (Å²) < 4.78 is 33.8. The van der Waals surface area contributed by atoms with E-state index in [1.165, 1.54) is 11.0 Å². The van der Waals surface area contributed by atoms with Crippen molar-refractivity contribution in [2.24, 2.45) is 0 Å². The number of sulfone groups is 1. The summed E-state index contributed by atoms with van der Waals surface area (Å²) in [5.74, 6) is -1.10. The molecule has 0 saturated heterocycles. The van der Waals surface area contributed by atoms with E-state index in [9.17, 15) is 18.0 Å². The van der Waals surface area contributed by atoms with Crippen molar-refractivity contribution in [1.29, 1.82) is 0 Å². The summed E-state index contributed by atoms with van der Waals surface area (Å²) >= 11 is 5.84. The maximum Gasteiger partial charge on any atom is 0.344 e. The van der Waals surface area contributed by atoms with Gasteiger partial charge in [0.25, 0.3) is 5.91 Å². The summed E-state index contributed by atoms with van der Waals surface area (Å²) in [4.78, 5) is 26.0. The van der Waals surface area contributed by atoms with Crippen molar-refractivity contribution in [2.45, 2.75) is 6.04 Å². The summed E-state index contributed by atoms with van der Waals surface area (Å²) in [6.45, 7) is -0.937. The van der Waals surface area contributed by atoms with E-state index >= 15 is 0 Å². The Morgan fingerprint density at radius 2 is 1.83 bits per heavy atom. The minimum absolute atomic E-state index is 0.223. The second-order valence-electron chi connectivity index (χ2n) is 6.23. The fraction of sp³-hybridized carbons (Fsp3) is 0.200. The van der Waals surface area contributed by atoms with Crippen molar-refractivity contribution in [1.82, 2.24) is 0 Å². The summed E-state index contributed by atoms with van der Waals surface area (Å²) in [7, 11) is -3.37. The zero-order valence-corrected chi connectivity index (χ0v) is 16.8. The number of amides is 1. The zero-order chi connectivity index (χ0) is 20.9. The number of carbonyl (C=O) groups is 2. The molecule has 3 rings (SSSR count). The van der Waals surface area contributed by atoms with Crippen molar-refractivity contribution in [2.75, 3.05) is 23.9 Å². The minimum Gasteiger partial charge on any atom is -0.482 e. The lowest BCUT2D eigenvalue weighted by Crippen LogP contribution is -2.43. The molecule has 1 heterocycles. The van der Waals surface area contributed by atoms with Crippen LogP contribution in [0.2, 0.25) is 5.02 Å². The molecule has 0 spiro atoms. The number of benzene rings is 2. The first-order valence-corrected chi connectivity index (χ1v) is 10.8. The van der Waals surface area contributed by atoms with Crippen molar-refractivity contribution < 1.29 is 27.5 Å². The fourth-order valence-electron chi connectivity index (χ4n) is 2.78. The molecule has 1 aliphatic rings. The molecular weight excluding hydrogens is 418 g/mol. The highest BCUT2D eigenvalue weighted by atomic mass is 35.5. The highest BCUT2D eigenvalue weighted by Crippen LogP contribution is 2.23. The van der Waals surface area contributed by atoms with Crippen LogP contribution in [0.15, 0.2) is 66.1 Å². The normalized spacial score (nSPS) is 16.9. The van der Waals surface area contributed by atoms with Crippen LogP contribution in [0.25, 0.3) is 0 Å². The average Bonchev–Trinajstić information content (AvgIpc) is 3.05. The predicted octanol–water partition coefficient (Wildman–Crippen LogP) is 2.61. The topological polar surface area (TPSA) is 90.0 Å². The largest absolute Gasteiger partial charge is 0.482 e. The molecule has 1 atom stereocenters. The number of carbonyl (C=O) groups excluding carboxylic acids is 2. The van der Waals surface area contributed by atoms with Crippen molar-refractivity contribution >= 4 is 39.0 Å². The van der Waals surface area contributed by atoms with Gasteiger partial charge < -0.3 is 14.4 Å². The first-order valence-electron chi connectivity index (χ1n) is 8.66. The molecule has 29 heavy (non-hydrogen) atoms. The van der Waals surface area contributed by atoms with E-state index in [2.05, 4.69) is 0 Å². The first-order chi connectivity index (χ1) is 13.8. The molecule has 9 heteroatoms. The zero-order valence-electron chi connectivity index (χ0n) is 15.2. The lowest BCUT2D eigenvalue weighted by Gasteiger charge is -2.27. The number of ether oxygens (including phenoxy) is 2. The Hall–Kier alpha value is -2.84. The molecule has 1 amide bonds. The molecule has 0 aromatic heterocycles. The molecule has 0 bridgehead atoms. The highest BCUT2D eigenvalue weighted by molar-refractivity contribution is 7.94. The van der Waals surface area contributed by atoms with Gasteiger partial charge in [0.1, 0.15) is 5.75 Å². The van der Waals surface area contributed by atoms with Gasteiger partial charge in [0.2, 0.25) is 0 Å². The van der Waals surface area contributed by atoms with E-state index in [4.69, 9.17) is 21.1 Å². The van der Waals surface area contributed by atoms with Gasteiger partial charge in [-0.2, -0.15) is 0 Å². The van der Waals surface area contributed by atoms with Crippen LogP contribution >= 0.6 is 11.6 Å². The second-order valence-corrected chi connectivity index (χ2v) is 8.60. The van der Waals surface area contributed by atoms with Gasteiger partial charge in [0.15, 0.2) is 23.1 Å². The number of nitrogens with zero attached hydrogens (tertiary/aromatic N) is 1. The molecular formula is C20H18ClNO6S. The SMILES string of the molecule is O=C(COc1cccc(Cl)c1)OCC(=O)N(c1ccccc1)C1C=CS(=O)(=O)C1. The van der Waals surface area contributed by atoms with Gasteiger partial charge in [-0.05, 0) is 36.4 Å². The number of hydrogen-bond acceptors (Lipinski definition) is 6. The number of anilines is 1. The van der Waals surface area contributed by atoms with Crippen molar-refractivity contribution in [3.05, 3.63) is 71.1 Å². The summed E-state index contributed by atoms with van der Waals surface area (Å²) in [6.07, 6.45) is 1.45. The quantitative estimate of drug-likeness (QED) is 0.621. The summed E-state index contributed by atoms with van der Waals surface area (Å²) in [6, 6.07) is 14.5. The third kappa shape index (κ3) is 5.82. The molecule has 152 valence electrons. The Kier molecular flexibility index (Phi) is 6.56. The van der Waals surface area contributed by atoms with Crippen molar-refractivity contribution in [3.63, 3.8) is 0 Å². The van der Waals surface area contributed by atoms with E-state index in [1.807, 2.05) is 0 Å². The average molecular weight is 436 g/mol. The van der Waals surface area contributed by atoms with Gasteiger partial charge in [0, 0.05) is 16.1 Å². The third-order valence-electron chi connectivity index (χ3n) is 4.06. The summed E-state index contributed by atoms with van der Waals surface area (Å²) in [5, 5.41) is 1.55. The van der Waals surface area contributed by atoms with E-state index < -0.39 is 41.0 Å². The van der Waals surface area contributed by atoms with Gasteiger partial charge in [-0.3, -0.25) is 4.79 Å². The lowest BCUT2D eigenvalue weighted by atomic mass is 10.2. The van der Waals surface area contributed by atoms with Crippen LogP contribution < -0.4 is 9.64 Å². The van der Waals surface area contributed by atoms with Gasteiger partial charge in [-0.25, -0.2) is 13.2 Å². The fourth-order valence-corrected chi connectivity index (χ4v) is 4.23. The van der Waals surface area contributed by atoms with E-state index in [0.29, 0.717) is 16.5 Å². The first kappa shape index (κ1) is 20.9. The maximum atomic E-state index is 12.7. The lowest BCUT2D eigenvalue weighted by molar-refractivity contribution is -0.149. The molecule has 0 N–H and O–H groups in total. The molecule has 2 aromatic carbocycles. The predicted molar refractivity (Wildman–Crippen MR) is 109 cm³/mol. The van der Waals surface area contributed by atoms with Crippen LogP contribution in [-0.2, 0) is 24.2 Å². The Labute approximate surface area is 173 Å². The van der Waals surface area contributed by atoms with Crippen LogP contribution in [0, 0.1) is 0 Å². The minimum atomic E-state index is -3.37. The van der Waals surface area contributed by atoms with E-state index in [-0.39, 0.29) is 5.75 Å². The second kappa shape index (κ2) is 9.11. The third-order valence-corrected chi connectivity index (χ3v) is 5.67. The van der Waals surface area contributed by atoms with E-state index in [0.717, 1.165) is 5.41 Å².